The Morgan fingerprint density at radius 1 is 1.16 bits per heavy atom. The first-order valence-corrected chi connectivity index (χ1v) is 10.4. The first kappa shape index (κ1) is 28.8. The second-order valence-corrected chi connectivity index (χ2v) is 8.88. The molecule has 0 aliphatic carbocycles. The van der Waals surface area contributed by atoms with Gasteiger partial charge in [0.1, 0.15) is 6.04 Å². The molecule has 0 bridgehead atoms. The summed E-state index contributed by atoms with van der Waals surface area (Å²) in [6.45, 7) is 13.1. The first-order valence-electron chi connectivity index (χ1n) is 10.4. The topological polar surface area (TPSA) is 120 Å². The highest BCUT2D eigenvalue weighted by atomic mass is 16.5. The molecule has 0 radical (unpaired) electrons. The van der Waals surface area contributed by atoms with Crippen molar-refractivity contribution in [2.45, 2.75) is 53.5 Å². The Morgan fingerprint density at radius 3 is 2.22 bits per heavy atom. The van der Waals surface area contributed by atoms with Crippen molar-refractivity contribution in [3.63, 3.8) is 0 Å². The van der Waals surface area contributed by atoms with Gasteiger partial charge in [0.25, 0.3) is 0 Å². The van der Waals surface area contributed by atoms with E-state index in [1.54, 1.807) is 23.8 Å². The third-order valence-electron chi connectivity index (χ3n) is 4.76. The summed E-state index contributed by atoms with van der Waals surface area (Å²) < 4.78 is 0. The molecule has 1 unspecified atom stereocenters. The van der Waals surface area contributed by atoms with Crippen LogP contribution in [0.15, 0.2) is 37.2 Å². The molecule has 0 saturated heterocycles. The Labute approximate surface area is 191 Å². The van der Waals surface area contributed by atoms with Crippen LogP contribution in [0.5, 0.6) is 0 Å². The molecule has 0 aromatic carbocycles. The SMILES string of the molecule is C#C.C=CC[C@H](C(=O)NO)[C@@H](CC(C)C)C(=O)NC(C(=O)Nc1cccnc1)C(C)(C)C. The fourth-order valence-corrected chi connectivity index (χ4v) is 3.25. The number of carbonyl (C=O) groups is 3. The van der Waals surface area contributed by atoms with Crippen molar-refractivity contribution >= 4 is 23.4 Å². The summed E-state index contributed by atoms with van der Waals surface area (Å²) >= 11 is 0. The van der Waals surface area contributed by atoms with Gasteiger partial charge in [-0.05, 0) is 36.3 Å². The molecule has 176 valence electrons. The molecule has 1 heterocycles. The summed E-state index contributed by atoms with van der Waals surface area (Å²) in [5.41, 5.74) is 1.58. The van der Waals surface area contributed by atoms with Crippen molar-refractivity contribution in [1.82, 2.24) is 15.8 Å². The van der Waals surface area contributed by atoms with Gasteiger partial charge < -0.3 is 10.6 Å². The number of aromatic nitrogens is 1. The van der Waals surface area contributed by atoms with Crippen LogP contribution in [0.1, 0.15) is 47.5 Å². The number of terminal acetylenes is 1. The molecule has 3 atom stereocenters. The summed E-state index contributed by atoms with van der Waals surface area (Å²) in [5.74, 6) is -2.85. The lowest BCUT2D eigenvalue weighted by Gasteiger charge is -2.33. The lowest BCUT2D eigenvalue weighted by molar-refractivity contribution is -0.141. The zero-order valence-electron chi connectivity index (χ0n) is 19.6. The molecule has 0 aliphatic heterocycles. The van der Waals surface area contributed by atoms with Crippen LogP contribution in [-0.4, -0.2) is 34.0 Å². The maximum atomic E-state index is 13.2. The fraction of sp³-hybridized carbons (Fsp3) is 0.500. The molecule has 0 spiro atoms. The van der Waals surface area contributed by atoms with E-state index >= 15 is 0 Å². The molecule has 1 aromatic heterocycles. The van der Waals surface area contributed by atoms with Crippen molar-refractivity contribution in [2.75, 3.05) is 5.32 Å². The van der Waals surface area contributed by atoms with Gasteiger partial charge in [0, 0.05) is 6.20 Å². The number of carbonyl (C=O) groups excluding carboxylic acids is 3. The lowest BCUT2D eigenvalue weighted by Crippen LogP contribution is -2.54. The van der Waals surface area contributed by atoms with E-state index in [0.29, 0.717) is 12.1 Å². The zero-order valence-corrected chi connectivity index (χ0v) is 19.6. The van der Waals surface area contributed by atoms with Crippen LogP contribution in [0.4, 0.5) is 5.69 Å². The average Bonchev–Trinajstić information content (AvgIpc) is 2.74. The first-order chi connectivity index (χ1) is 15.0. The van der Waals surface area contributed by atoms with E-state index in [4.69, 9.17) is 5.21 Å². The molecule has 32 heavy (non-hydrogen) atoms. The maximum absolute atomic E-state index is 13.2. The third kappa shape index (κ3) is 9.31. The number of amides is 3. The zero-order chi connectivity index (χ0) is 24.9. The van der Waals surface area contributed by atoms with Crippen LogP contribution in [0.2, 0.25) is 0 Å². The number of allylic oxidation sites excluding steroid dienone is 1. The predicted octanol–water partition coefficient (Wildman–Crippen LogP) is 3.16. The van der Waals surface area contributed by atoms with Gasteiger partial charge in [0.05, 0.1) is 23.7 Å². The summed E-state index contributed by atoms with van der Waals surface area (Å²) in [6.07, 6.45) is 13.3. The van der Waals surface area contributed by atoms with Crippen LogP contribution < -0.4 is 16.1 Å². The quantitative estimate of drug-likeness (QED) is 0.191. The number of hydrogen-bond acceptors (Lipinski definition) is 5. The van der Waals surface area contributed by atoms with Gasteiger partial charge in [0.15, 0.2) is 0 Å². The lowest BCUT2D eigenvalue weighted by atomic mass is 9.80. The fourth-order valence-electron chi connectivity index (χ4n) is 3.25. The van der Waals surface area contributed by atoms with Crippen LogP contribution in [0, 0.1) is 36.0 Å². The average molecular weight is 445 g/mol. The standard InChI is InChI=1S/C22H34N4O4.C2H2/c1-7-9-16(20(28)26-30)17(12-14(2)3)19(27)25-18(22(4,5)6)21(29)24-15-10-8-11-23-13-15;1-2/h7-8,10-11,13-14,16-18,30H,1,9,12H2,2-6H3,(H,24,29)(H,25,27)(H,26,28);1-2H/t16-,17+,18?;/m0./s1. The van der Waals surface area contributed by atoms with Crippen LogP contribution in [-0.2, 0) is 14.4 Å². The van der Waals surface area contributed by atoms with E-state index in [-0.39, 0.29) is 18.2 Å². The van der Waals surface area contributed by atoms with Gasteiger partial charge >= 0.3 is 0 Å². The molecule has 1 rings (SSSR count). The second kappa shape index (κ2) is 14.0. The maximum Gasteiger partial charge on any atom is 0.247 e. The molecule has 0 fully saturated rings. The minimum Gasteiger partial charge on any atom is -0.344 e. The Hall–Kier alpha value is -3.18. The second-order valence-electron chi connectivity index (χ2n) is 8.88. The van der Waals surface area contributed by atoms with Crippen molar-refractivity contribution in [1.29, 1.82) is 0 Å². The van der Waals surface area contributed by atoms with Gasteiger partial charge in [-0.2, -0.15) is 0 Å². The van der Waals surface area contributed by atoms with Gasteiger partial charge in [-0.15, -0.1) is 19.4 Å². The Balaban J connectivity index is 0.00000466. The molecule has 8 nitrogen and oxygen atoms in total. The highest BCUT2D eigenvalue weighted by Gasteiger charge is 2.38. The summed E-state index contributed by atoms with van der Waals surface area (Å²) in [5, 5.41) is 14.7. The number of rotatable bonds is 10. The molecule has 0 aliphatic rings. The van der Waals surface area contributed by atoms with Crippen molar-refractivity contribution < 1.29 is 19.6 Å². The van der Waals surface area contributed by atoms with Crippen LogP contribution >= 0.6 is 0 Å². The van der Waals surface area contributed by atoms with Gasteiger partial charge in [-0.3, -0.25) is 24.6 Å². The molecule has 8 heteroatoms. The largest absolute Gasteiger partial charge is 0.344 e. The van der Waals surface area contributed by atoms with Crippen molar-refractivity contribution in [2.24, 2.45) is 23.2 Å². The summed E-state index contributed by atoms with van der Waals surface area (Å²) in [7, 11) is 0. The molecular formula is C24H36N4O4. The normalized spacial score (nSPS) is 13.5. The Kier molecular flexibility index (Phi) is 12.6. The molecule has 3 amide bonds. The number of anilines is 1. The molecule has 1 aromatic rings. The molecule has 0 saturated carbocycles. The Bertz CT molecular complexity index is 769. The van der Waals surface area contributed by atoms with E-state index in [1.807, 2.05) is 34.6 Å². The van der Waals surface area contributed by atoms with Crippen molar-refractivity contribution in [3.8, 4) is 12.8 Å². The molecular weight excluding hydrogens is 408 g/mol. The molecule has 4 N–H and O–H groups in total. The Morgan fingerprint density at radius 2 is 1.78 bits per heavy atom. The monoisotopic (exact) mass is 444 g/mol. The number of pyridine rings is 1. The number of nitrogens with one attached hydrogen (secondary N) is 3. The smallest absolute Gasteiger partial charge is 0.247 e. The summed E-state index contributed by atoms with van der Waals surface area (Å²) in [6, 6.07) is 2.56. The highest BCUT2D eigenvalue weighted by molar-refractivity contribution is 5.98. The minimum atomic E-state index is -0.846. The van der Waals surface area contributed by atoms with Gasteiger partial charge in [-0.1, -0.05) is 40.7 Å². The van der Waals surface area contributed by atoms with E-state index in [9.17, 15) is 14.4 Å². The van der Waals surface area contributed by atoms with E-state index in [1.165, 1.54) is 12.3 Å². The summed E-state index contributed by atoms with van der Waals surface area (Å²) in [4.78, 5) is 42.4. The highest BCUT2D eigenvalue weighted by Crippen LogP contribution is 2.27. The van der Waals surface area contributed by atoms with E-state index in [0.717, 1.165) is 0 Å². The number of nitrogens with zero attached hydrogens (tertiary/aromatic N) is 1. The minimum absolute atomic E-state index is 0.122. The van der Waals surface area contributed by atoms with Crippen LogP contribution in [0.3, 0.4) is 0 Å². The third-order valence-corrected chi connectivity index (χ3v) is 4.76. The van der Waals surface area contributed by atoms with Gasteiger partial charge in [-0.25, -0.2) is 5.48 Å². The number of hydrogen-bond donors (Lipinski definition) is 4. The van der Waals surface area contributed by atoms with Gasteiger partial charge in [0.2, 0.25) is 17.7 Å². The van der Waals surface area contributed by atoms with Crippen LogP contribution in [0.25, 0.3) is 0 Å². The van der Waals surface area contributed by atoms with E-state index < -0.39 is 35.1 Å². The predicted molar refractivity (Wildman–Crippen MR) is 125 cm³/mol. The van der Waals surface area contributed by atoms with Crippen molar-refractivity contribution in [3.05, 3.63) is 37.2 Å². The number of hydroxylamine groups is 1. The van der Waals surface area contributed by atoms with E-state index in [2.05, 4.69) is 35.0 Å².